The summed E-state index contributed by atoms with van der Waals surface area (Å²) in [6.07, 6.45) is 1.17. The Balaban J connectivity index is 3.02. The van der Waals surface area contributed by atoms with E-state index >= 15 is 0 Å². The first kappa shape index (κ1) is 14.4. The van der Waals surface area contributed by atoms with Gasteiger partial charge < -0.3 is 4.90 Å². The number of hydrogen-bond acceptors (Lipinski definition) is 3. The van der Waals surface area contributed by atoms with Gasteiger partial charge in [0.1, 0.15) is 11.0 Å². The molecule has 1 amide bonds. The Morgan fingerprint density at radius 1 is 1.67 bits per heavy atom. The molecule has 1 aromatic rings. The van der Waals surface area contributed by atoms with Crippen LogP contribution in [-0.2, 0) is 0 Å². The van der Waals surface area contributed by atoms with Crippen molar-refractivity contribution in [1.29, 1.82) is 5.26 Å². The summed E-state index contributed by atoms with van der Waals surface area (Å²) in [5, 5.41) is 8.52. The average molecular weight is 270 g/mol. The Morgan fingerprint density at radius 2 is 2.33 bits per heavy atom. The van der Waals surface area contributed by atoms with Crippen molar-refractivity contribution in [2.75, 3.05) is 6.54 Å². The van der Waals surface area contributed by atoms with Gasteiger partial charge in [-0.05, 0) is 19.9 Å². The monoisotopic (exact) mass is 269 g/mol. The van der Waals surface area contributed by atoms with Crippen molar-refractivity contribution < 1.29 is 9.18 Å². The second-order valence-corrected chi connectivity index (χ2v) is 4.35. The quantitative estimate of drug-likeness (QED) is 0.790. The van der Waals surface area contributed by atoms with Gasteiger partial charge in [-0.15, -0.1) is 0 Å². The van der Waals surface area contributed by atoms with Gasteiger partial charge in [0.25, 0.3) is 5.91 Å². The zero-order valence-electron chi connectivity index (χ0n) is 10.2. The van der Waals surface area contributed by atoms with E-state index in [2.05, 4.69) is 4.98 Å². The lowest BCUT2D eigenvalue weighted by Gasteiger charge is -2.26. The highest BCUT2D eigenvalue weighted by Crippen LogP contribution is 2.17. The van der Waals surface area contributed by atoms with Gasteiger partial charge in [-0.25, -0.2) is 9.37 Å². The number of carbonyl (C=O) groups excluding carboxylic acids is 1. The van der Waals surface area contributed by atoms with E-state index in [1.54, 1.807) is 0 Å². The zero-order chi connectivity index (χ0) is 13.7. The zero-order valence-corrected chi connectivity index (χ0v) is 10.9. The molecule has 0 unspecified atom stereocenters. The number of rotatable bonds is 4. The van der Waals surface area contributed by atoms with E-state index in [0.29, 0.717) is 0 Å². The predicted molar refractivity (Wildman–Crippen MR) is 65.6 cm³/mol. The standard InChI is InChI=1S/C12H13ClFN3O/c1-8(2)17(5-3-4-15)12(18)10-6-9(14)7-16-11(10)13/h6-8H,3,5H2,1-2H3. The number of aromatic nitrogens is 1. The molecule has 0 aliphatic heterocycles. The van der Waals surface area contributed by atoms with Gasteiger partial charge in [-0.2, -0.15) is 5.26 Å². The van der Waals surface area contributed by atoms with Crippen molar-refractivity contribution in [3.05, 3.63) is 28.8 Å². The molecular formula is C12H13ClFN3O. The number of amides is 1. The Labute approximate surface area is 110 Å². The number of halogens is 2. The Hall–Kier alpha value is -1.67. The summed E-state index contributed by atoms with van der Waals surface area (Å²) in [5.74, 6) is -1.04. The first-order chi connectivity index (χ1) is 8.47. The van der Waals surface area contributed by atoms with Crippen molar-refractivity contribution in [2.24, 2.45) is 0 Å². The van der Waals surface area contributed by atoms with Crippen LogP contribution in [0.15, 0.2) is 12.3 Å². The molecule has 0 fully saturated rings. The summed E-state index contributed by atoms with van der Waals surface area (Å²) in [7, 11) is 0. The van der Waals surface area contributed by atoms with Crippen molar-refractivity contribution in [1.82, 2.24) is 9.88 Å². The normalized spacial score (nSPS) is 10.2. The second kappa shape index (κ2) is 6.31. The summed E-state index contributed by atoms with van der Waals surface area (Å²) < 4.78 is 13.1. The van der Waals surface area contributed by atoms with E-state index < -0.39 is 11.7 Å². The van der Waals surface area contributed by atoms with E-state index in [-0.39, 0.29) is 29.7 Å². The minimum atomic E-state index is -0.619. The van der Waals surface area contributed by atoms with Gasteiger partial charge >= 0.3 is 0 Å². The van der Waals surface area contributed by atoms with Gasteiger partial charge in [-0.1, -0.05) is 11.6 Å². The smallest absolute Gasteiger partial charge is 0.257 e. The highest BCUT2D eigenvalue weighted by atomic mass is 35.5. The number of hydrogen-bond donors (Lipinski definition) is 0. The molecular weight excluding hydrogens is 257 g/mol. The third-order valence-corrected chi connectivity index (χ3v) is 2.69. The first-order valence-electron chi connectivity index (χ1n) is 5.46. The van der Waals surface area contributed by atoms with Gasteiger partial charge in [0.15, 0.2) is 0 Å². The topological polar surface area (TPSA) is 57.0 Å². The van der Waals surface area contributed by atoms with Crippen molar-refractivity contribution >= 4 is 17.5 Å². The lowest BCUT2D eigenvalue weighted by atomic mass is 10.2. The predicted octanol–water partition coefficient (Wildman–Crippen LogP) is 2.64. The van der Waals surface area contributed by atoms with Gasteiger partial charge in [-0.3, -0.25) is 4.79 Å². The summed E-state index contributed by atoms with van der Waals surface area (Å²) in [6.45, 7) is 3.91. The lowest BCUT2D eigenvalue weighted by Crippen LogP contribution is -2.37. The van der Waals surface area contributed by atoms with Crippen molar-refractivity contribution in [3.63, 3.8) is 0 Å². The molecule has 1 rings (SSSR count). The van der Waals surface area contributed by atoms with Gasteiger partial charge in [0.2, 0.25) is 0 Å². The van der Waals surface area contributed by atoms with E-state index in [0.717, 1.165) is 12.3 Å². The molecule has 96 valence electrons. The molecule has 0 radical (unpaired) electrons. The third-order valence-electron chi connectivity index (χ3n) is 2.38. The molecule has 0 saturated heterocycles. The molecule has 6 heteroatoms. The molecule has 1 aromatic heterocycles. The Bertz CT molecular complexity index is 485. The van der Waals surface area contributed by atoms with E-state index in [1.807, 2.05) is 19.9 Å². The summed E-state index contributed by atoms with van der Waals surface area (Å²) in [4.78, 5) is 17.3. The first-order valence-corrected chi connectivity index (χ1v) is 5.84. The Morgan fingerprint density at radius 3 is 2.89 bits per heavy atom. The molecule has 0 aliphatic rings. The molecule has 4 nitrogen and oxygen atoms in total. The highest BCUT2D eigenvalue weighted by molar-refractivity contribution is 6.32. The van der Waals surface area contributed by atoms with Crippen LogP contribution in [0.1, 0.15) is 30.6 Å². The van der Waals surface area contributed by atoms with E-state index in [4.69, 9.17) is 16.9 Å². The minimum absolute atomic E-state index is 0.0170. The van der Waals surface area contributed by atoms with Crippen LogP contribution in [0, 0.1) is 17.1 Å². The summed E-state index contributed by atoms with van der Waals surface area (Å²) >= 11 is 5.78. The van der Waals surface area contributed by atoms with Crippen LogP contribution in [0.2, 0.25) is 5.15 Å². The van der Waals surface area contributed by atoms with E-state index in [1.165, 1.54) is 4.90 Å². The number of pyridine rings is 1. The molecule has 0 N–H and O–H groups in total. The summed E-state index contributed by atoms with van der Waals surface area (Å²) in [5.41, 5.74) is 0.0170. The van der Waals surface area contributed by atoms with Crippen LogP contribution in [0.5, 0.6) is 0 Å². The van der Waals surface area contributed by atoms with Gasteiger partial charge in [0, 0.05) is 12.6 Å². The van der Waals surface area contributed by atoms with Crippen LogP contribution in [-0.4, -0.2) is 28.4 Å². The van der Waals surface area contributed by atoms with E-state index in [9.17, 15) is 9.18 Å². The Kier molecular flexibility index (Phi) is 5.05. The molecule has 0 spiro atoms. The molecule has 0 bridgehead atoms. The molecule has 0 atom stereocenters. The third kappa shape index (κ3) is 3.41. The van der Waals surface area contributed by atoms with Crippen molar-refractivity contribution in [2.45, 2.75) is 26.3 Å². The van der Waals surface area contributed by atoms with Crippen LogP contribution in [0.25, 0.3) is 0 Å². The number of nitriles is 1. The maximum atomic E-state index is 13.1. The summed E-state index contributed by atoms with van der Waals surface area (Å²) in [6, 6.07) is 2.92. The largest absolute Gasteiger partial charge is 0.335 e. The number of nitrogens with zero attached hydrogens (tertiary/aromatic N) is 3. The van der Waals surface area contributed by atoms with Crippen molar-refractivity contribution in [3.8, 4) is 6.07 Å². The SMILES string of the molecule is CC(C)N(CCC#N)C(=O)c1cc(F)cnc1Cl. The van der Waals surface area contributed by atoms with Crippen LogP contribution < -0.4 is 0 Å². The van der Waals surface area contributed by atoms with Crippen LogP contribution >= 0.6 is 11.6 Å². The molecule has 0 aliphatic carbocycles. The average Bonchev–Trinajstić information content (AvgIpc) is 2.32. The van der Waals surface area contributed by atoms with Crippen LogP contribution in [0.3, 0.4) is 0 Å². The molecule has 0 saturated carbocycles. The minimum Gasteiger partial charge on any atom is -0.335 e. The molecule has 1 heterocycles. The fourth-order valence-corrected chi connectivity index (χ4v) is 1.68. The lowest BCUT2D eigenvalue weighted by molar-refractivity contribution is 0.0709. The fraction of sp³-hybridized carbons (Fsp3) is 0.417. The second-order valence-electron chi connectivity index (χ2n) is 3.99. The molecule has 18 heavy (non-hydrogen) atoms. The number of carbonyl (C=O) groups is 1. The maximum absolute atomic E-state index is 13.1. The fourth-order valence-electron chi connectivity index (χ4n) is 1.49. The maximum Gasteiger partial charge on any atom is 0.257 e. The van der Waals surface area contributed by atoms with Crippen LogP contribution in [0.4, 0.5) is 4.39 Å². The molecule has 0 aromatic carbocycles. The highest BCUT2D eigenvalue weighted by Gasteiger charge is 2.21. The van der Waals surface area contributed by atoms with Gasteiger partial charge in [0.05, 0.1) is 24.3 Å².